The molecule has 0 unspecified atom stereocenters. The molecule has 1 amide bonds. The van der Waals surface area contributed by atoms with Crippen molar-refractivity contribution in [2.24, 2.45) is 0 Å². The van der Waals surface area contributed by atoms with E-state index in [9.17, 15) is 14.9 Å². The minimum Gasteiger partial charge on any atom is -0.351 e. The van der Waals surface area contributed by atoms with Crippen LogP contribution < -0.4 is 10.6 Å². The summed E-state index contributed by atoms with van der Waals surface area (Å²) >= 11 is 0. The molecule has 1 aromatic rings. The van der Waals surface area contributed by atoms with Crippen molar-refractivity contribution in [3.05, 3.63) is 39.9 Å². The number of terminal acetylenes is 1. The standard InChI is InChI=1S/C12H13N3O3/c1-2-6-13-9-12(16)14-8-10-4-3-5-11(7-10)15(17)18/h1,3-5,7,13H,6,8-9H2,(H,14,16). The maximum atomic E-state index is 11.3. The Morgan fingerprint density at radius 2 is 2.28 bits per heavy atom. The molecule has 0 aliphatic heterocycles. The molecule has 0 atom stereocenters. The average molecular weight is 247 g/mol. The van der Waals surface area contributed by atoms with Crippen LogP contribution in [0.15, 0.2) is 24.3 Å². The molecule has 0 aliphatic rings. The molecule has 6 heteroatoms. The maximum Gasteiger partial charge on any atom is 0.269 e. The Balaban J connectivity index is 2.44. The number of nitrogens with one attached hydrogen (secondary N) is 2. The number of carbonyl (C=O) groups excluding carboxylic acids is 1. The van der Waals surface area contributed by atoms with Crippen LogP contribution in [0.1, 0.15) is 5.56 Å². The third-order valence-electron chi connectivity index (χ3n) is 2.12. The number of carbonyl (C=O) groups is 1. The first-order chi connectivity index (χ1) is 8.63. The van der Waals surface area contributed by atoms with Crippen molar-refractivity contribution in [1.82, 2.24) is 10.6 Å². The van der Waals surface area contributed by atoms with Gasteiger partial charge in [-0.1, -0.05) is 18.1 Å². The zero-order chi connectivity index (χ0) is 13.4. The fourth-order valence-corrected chi connectivity index (χ4v) is 1.29. The Kier molecular flexibility index (Phi) is 5.35. The van der Waals surface area contributed by atoms with E-state index in [1.54, 1.807) is 12.1 Å². The summed E-state index contributed by atoms with van der Waals surface area (Å²) in [6.07, 6.45) is 5.02. The van der Waals surface area contributed by atoms with Gasteiger partial charge in [-0.25, -0.2) is 0 Å². The summed E-state index contributed by atoms with van der Waals surface area (Å²) in [5.41, 5.74) is 0.682. The molecule has 6 nitrogen and oxygen atoms in total. The lowest BCUT2D eigenvalue weighted by atomic mass is 10.2. The third-order valence-corrected chi connectivity index (χ3v) is 2.12. The zero-order valence-corrected chi connectivity index (χ0v) is 9.68. The summed E-state index contributed by atoms with van der Waals surface area (Å²) in [5.74, 6) is 2.14. The van der Waals surface area contributed by atoms with Gasteiger partial charge in [-0.3, -0.25) is 20.2 Å². The van der Waals surface area contributed by atoms with Gasteiger partial charge in [-0.15, -0.1) is 6.42 Å². The SMILES string of the molecule is C#CCNCC(=O)NCc1cccc([N+](=O)[O-])c1. The summed E-state index contributed by atoms with van der Waals surface area (Å²) in [6.45, 7) is 0.696. The number of hydrogen-bond donors (Lipinski definition) is 2. The van der Waals surface area contributed by atoms with Crippen molar-refractivity contribution < 1.29 is 9.72 Å². The quantitative estimate of drug-likeness (QED) is 0.330. The van der Waals surface area contributed by atoms with E-state index in [-0.39, 0.29) is 24.7 Å². The van der Waals surface area contributed by atoms with E-state index < -0.39 is 4.92 Å². The molecule has 0 heterocycles. The molecule has 0 saturated carbocycles. The van der Waals surface area contributed by atoms with E-state index in [1.165, 1.54) is 12.1 Å². The second-order valence-electron chi connectivity index (χ2n) is 3.51. The fourth-order valence-electron chi connectivity index (χ4n) is 1.29. The Hall–Kier alpha value is -2.39. The highest BCUT2D eigenvalue weighted by molar-refractivity contribution is 5.78. The van der Waals surface area contributed by atoms with Gasteiger partial charge in [0.25, 0.3) is 5.69 Å². The lowest BCUT2D eigenvalue weighted by Crippen LogP contribution is -2.33. The average Bonchev–Trinajstić information content (AvgIpc) is 2.37. The summed E-state index contributed by atoms with van der Waals surface area (Å²) in [5, 5.41) is 15.9. The highest BCUT2D eigenvalue weighted by atomic mass is 16.6. The molecule has 18 heavy (non-hydrogen) atoms. The van der Waals surface area contributed by atoms with Gasteiger partial charge in [0.05, 0.1) is 18.0 Å². The summed E-state index contributed by atoms with van der Waals surface area (Å²) in [7, 11) is 0. The van der Waals surface area contributed by atoms with Gasteiger partial charge in [-0.05, 0) is 5.56 Å². The van der Waals surface area contributed by atoms with Crippen LogP contribution in [0, 0.1) is 22.5 Å². The Morgan fingerprint density at radius 1 is 1.50 bits per heavy atom. The van der Waals surface area contributed by atoms with Gasteiger partial charge in [0, 0.05) is 18.7 Å². The molecule has 0 radical (unpaired) electrons. The number of non-ortho nitro benzene ring substituents is 1. The largest absolute Gasteiger partial charge is 0.351 e. The predicted molar refractivity (Wildman–Crippen MR) is 66.6 cm³/mol. The maximum absolute atomic E-state index is 11.3. The highest BCUT2D eigenvalue weighted by Gasteiger charge is 2.06. The second-order valence-corrected chi connectivity index (χ2v) is 3.51. The molecule has 0 aliphatic carbocycles. The van der Waals surface area contributed by atoms with Crippen LogP contribution in [-0.4, -0.2) is 23.9 Å². The minimum absolute atomic E-state index is 0.00667. The van der Waals surface area contributed by atoms with Crippen LogP contribution in [0.4, 0.5) is 5.69 Å². The first kappa shape index (κ1) is 13.7. The van der Waals surface area contributed by atoms with Crippen molar-refractivity contribution in [3.8, 4) is 12.3 Å². The molecule has 0 aromatic heterocycles. The first-order valence-corrected chi connectivity index (χ1v) is 5.27. The molecule has 0 spiro atoms. The van der Waals surface area contributed by atoms with Crippen LogP contribution in [0.2, 0.25) is 0 Å². The Bertz CT molecular complexity index is 480. The lowest BCUT2D eigenvalue weighted by molar-refractivity contribution is -0.384. The number of nitrogens with zero attached hydrogens (tertiary/aromatic N) is 1. The van der Waals surface area contributed by atoms with Crippen molar-refractivity contribution >= 4 is 11.6 Å². The van der Waals surface area contributed by atoms with Gasteiger partial charge in [0.15, 0.2) is 0 Å². The van der Waals surface area contributed by atoms with Crippen molar-refractivity contribution in [3.63, 3.8) is 0 Å². The van der Waals surface area contributed by atoms with E-state index >= 15 is 0 Å². The summed E-state index contributed by atoms with van der Waals surface area (Å²) < 4.78 is 0. The van der Waals surface area contributed by atoms with E-state index in [1.807, 2.05) is 0 Å². The fraction of sp³-hybridized carbons (Fsp3) is 0.250. The molecule has 94 valence electrons. The number of benzene rings is 1. The van der Waals surface area contributed by atoms with E-state index in [0.29, 0.717) is 12.1 Å². The smallest absolute Gasteiger partial charge is 0.269 e. The van der Waals surface area contributed by atoms with Crippen LogP contribution >= 0.6 is 0 Å². The van der Waals surface area contributed by atoms with Crippen molar-refractivity contribution in [2.45, 2.75) is 6.54 Å². The van der Waals surface area contributed by atoms with Crippen LogP contribution in [0.25, 0.3) is 0 Å². The molecule has 0 saturated heterocycles. The molecular weight excluding hydrogens is 234 g/mol. The van der Waals surface area contributed by atoms with Crippen molar-refractivity contribution in [1.29, 1.82) is 0 Å². The van der Waals surface area contributed by atoms with E-state index in [4.69, 9.17) is 6.42 Å². The number of nitro groups is 1. The van der Waals surface area contributed by atoms with Crippen molar-refractivity contribution in [2.75, 3.05) is 13.1 Å². The minimum atomic E-state index is -0.472. The Labute approximate surface area is 105 Å². The normalized spacial score (nSPS) is 9.50. The van der Waals surface area contributed by atoms with E-state index in [0.717, 1.165) is 0 Å². The second kappa shape index (κ2) is 7.04. The lowest BCUT2D eigenvalue weighted by Gasteiger charge is -2.05. The molecule has 0 bridgehead atoms. The predicted octanol–water partition coefficient (Wildman–Crippen LogP) is 0.434. The van der Waals surface area contributed by atoms with Gasteiger partial charge in [0.2, 0.25) is 5.91 Å². The van der Waals surface area contributed by atoms with Gasteiger partial charge in [0.1, 0.15) is 0 Å². The van der Waals surface area contributed by atoms with Crippen LogP contribution in [0.3, 0.4) is 0 Å². The van der Waals surface area contributed by atoms with Crippen LogP contribution in [0.5, 0.6) is 0 Å². The van der Waals surface area contributed by atoms with Gasteiger partial charge in [-0.2, -0.15) is 0 Å². The molecule has 1 rings (SSSR count). The van der Waals surface area contributed by atoms with Gasteiger partial charge < -0.3 is 5.32 Å². The summed E-state index contributed by atoms with van der Waals surface area (Å²) in [4.78, 5) is 21.4. The molecule has 2 N–H and O–H groups in total. The number of hydrogen-bond acceptors (Lipinski definition) is 4. The summed E-state index contributed by atoms with van der Waals surface area (Å²) in [6, 6.07) is 6.12. The number of nitro benzene ring substituents is 1. The molecule has 1 aromatic carbocycles. The first-order valence-electron chi connectivity index (χ1n) is 5.27. The number of rotatable bonds is 6. The van der Waals surface area contributed by atoms with Gasteiger partial charge >= 0.3 is 0 Å². The molecule has 0 fully saturated rings. The topological polar surface area (TPSA) is 84.3 Å². The van der Waals surface area contributed by atoms with E-state index in [2.05, 4.69) is 16.6 Å². The number of amides is 1. The molecular formula is C12H13N3O3. The third kappa shape index (κ3) is 4.63. The highest BCUT2D eigenvalue weighted by Crippen LogP contribution is 2.12. The zero-order valence-electron chi connectivity index (χ0n) is 9.68. The monoisotopic (exact) mass is 247 g/mol. The van der Waals surface area contributed by atoms with Crippen LogP contribution in [-0.2, 0) is 11.3 Å². The Morgan fingerprint density at radius 3 is 2.94 bits per heavy atom.